The standard InChI is InChI=1S/C23H28N2O2/c1-5-15-10-12-16(13-11-15)24-21(26)17-14-18(17)22(27)25-20-9-7-6-8-19(20)23(2,3)4/h6-13,17-18H,5,14H2,1-4H3,(H,24,26)(H,25,27). The number of aryl methyl sites for hydroxylation is 1. The van der Waals surface area contributed by atoms with Gasteiger partial charge in [-0.1, -0.05) is 58.0 Å². The predicted molar refractivity (Wildman–Crippen MR) is 110 cm³/mol. The van der Waals surface area contributed by atoms with Crippen LogP contribution >= 0.6 is 0 Å². The second-order valence-electron chi connectivity index (χ2n) is 8.27. The summed E-state index contributed by atoms with van der Waals surface area (Å²) in [4.78, 5) is 25.0. The highest BCUT2D eigenvalue weighted by Gasteiger charge is 2.48. The van der Waals surface area contributed by atoms with Crippen molar-refractivity contribution in [2.45, 2.75) is 46.0 Å². The molecule has 0 heterocycles. The average Bonchev–Trinajstić information content (AvgIpc) is 3.43. The predicted octanol–water partition coefficient (Wildman–Crippen LogP) is 4.76. The van der Waals surface area contributed by atoms with Crippen molar-refractivity contribution in [1.82, 2.24) is 0 Å². The Labute approximate surface area is 161 Å². The van der Waals surface area contributed by atoms with E-state index in [9.17, 15) is 9.59 Å². The Hall–Kier alpha value is -2.62. The molecule has 2 aromatic rings. The van der Waals surface area contributed by atoms with Gasteiger partial charge >= 0.3 is 0 Å². The molecule has 0 spiro atoms. The molecule has 4 nitrogen and oxygen atoms in total. The van der Waals surface area contributed by atoms with Crippen molar-refractivity contribution >= 4 is 23.2 Å². The first kappa shape index (κ1) is 19.2. The molecule has 2 unspecified atom stereocenters. The van der Waals surface area contributed by atoms with Gasteiger partial charge in [0.2, 0.25) is 11.8 Å². The summed E-state index contributed by atoms with van der Waals surface area (Å²) in [6.45, 7) is 8.46. The minimum absolute atomic E-state index is 0.0607. The third-order valence-corrected chi connectivity index (χ3v) is 5.09. The smallest absolute Gasteiger partial charge is 0.228 e. The van der Waals surface area contributed by atoms with E-state index in [-0.39, 0.29) is 29.1 Å². The molecule has 1 aliphatic carbocycles. The quantitative estimate of drug-likeness (QED) is 0.803. The second kappa shape index (κ2) is 7.55. The van der Waals surface area contributed by atoms with Crippen LogP contribution in [0, 0.1) is 11.8 Å². The lowest BCUT2D eigenvalue weighted by molar-refractivity contribution is -0.122. The number of amides is 2. The van der Waals surface area contributed by atoms with Crippen LogP contribution in [0.4, 0.5) is 11.4 Å². The molecule has 2 atom stereocenters. The lowest BCUT2D eigenvalue weighted by Crippen LogP contribution is -2.22. The third kappa shape index (κ3) is 4.57. The van der Waals surface area contributed by atoms with E-state index in [2.05, 4.69) is 38.3 Å². The van der Waals surface area contributed by atoms with Gasteiger partial charge in [-0.25, -0.2) is 0 Å². The minimum Gasteiger partial charge on any atom is -0.326 e. The van der Waals surface area contributed by atoms with Crippen LogP contribution in [0.2, 0.25) is 0 Å². The van der Waals surface area contributed by atoms with E-state index in [1.54, 1.807) is 0 Å². The van der Waals surface area contributed by atoms with Gasteiger partial charge in [0.1, 0.15) is 0 Å². The maximum Gasteiger partial charge on any atom is 0.228 e. The van der Waals surface area contributed by atoms with Gasteiger partial charge in [0.15, 0.2) is 0 Å². The van der Waals surface area contributed by atoms with Crippen LogP contribution < -0.4 is 10.6 Å². The highest BCUT2D eigenvalue weighted by Crippen LogP contribution is 2.41. The summed E-state index contributed by atoms with van der Waals surface area (Å²) in [6.07, 6.45) is 1.57. The molecule has 142 valence electrons. The van der Waals surface area contributed by atoms with Crippen molar-refractivity contribution in [2.75, 3.05) is 10.6 Å². The number of anilines is 2. The summed E-state index contributed by atoms with van der Waals surface area (Å²) >= 11 is 0. The zero-order chi connectivity index (χ0) is 19.6. The molecule has 0 bridgehead atoms. The first-order chi connectivity index (χ1) is 12.8. The molecule has 27 heavy (non-hydrogen) atoms. The summed E-state index contributed by atoms with van der Waals surface area (Å²) in [5.74, 6) is -0.665. The zero-order valence-corrected chi connectivity index (χ0v) is 16.5. The van der Waals surface area contributed by atoms with Gasteiger partial charge < -0.3 is 10.6 Å². The molecular formula is C23H28N2O2. The molecule has 4 heteroatoms. The number of para-hydroxylation sites is 1. The van der Waals surface area contributed by atoms with Gasteiger partial charge in [0, 0.05) is 11.4 Å². The van der Waals surface area contributed by atoms with Crippen molar-refractivity contribution < 1.29 is 9.59 Å². The number of hydrogen-bond donors (Lipinski definition) is 2. The first-order valence-electron chi connectivity index (χ1n) is 9.59. The SMILES string of the molecule is CCc1ccc(NC(=O)C2CC2C(=O)Nc2ccccc2C(C)(C)C)cc1. The van der Waals surface area contributed by atoms with Crippen molar-refractivity contribution in [3.63, 3.8) is 0 Å². The van der Waals surface area contributed by atoms with Crippen LogP contribution in [0.25, 0.3) is 0 Å². The van der Waals surface area contributed by atoms with Gasteiger partial charge in [-0.05, 0) is 47.6 Å². The monoisotopic (exact) mass is 364 g/mol. The Kier molecular flexibility index (Phi) is 5.36. The van der Waals surface area contributed by atoms with Crippen LogP contribution in [-0.2, 0) is 21.4 Å². The van der Waals surface area contributed by atoms with E-state index < -0.39 is 0 Å². The molecule has 2 aromatic carbocycles. The first-order valence-corrected chi connectivity index (χ1v) is 9.59. The molecule has 0 radical (unpaired) electrons. The highest BCUT2D eigenvalue weighted by atomic mass is 16.2. The van der Waals surface area contributed by atoms with E-state index in [4.69, 9.17) is 0 Å². The number of rotatable bonds is 5. The molecule has 2 N–H and O–H groups in total. The lowest BCUT2D eigenvalue weighted by atomic mass is 9.86. The molecule has 0 saturated heterocycles. The summed E-state index contributed by atoms with van der Waals surface area (Å²) in [5.41, 5.74) is 3.87. The van der Waals surface area contributed by atoms with Gasteiger partial charge in [-0.3, -0.25) is 9.59 Å². The molecule has 0 aromatic heterocycles. The fourth-order valence-electron chi connectivity index (χ4n) is 3.30. The van der Waals surface area contributed by atoms with Crippen molar-refractivity contribution in [2.24, 2.45) is 11.8 Å². The molecule has 1 saturated carbocycles. The van der Waals surface area contributed by atoms with Crippen molar-refractivity contribution in [3.05, 3.63) is 59.7 Å². The van der Waals surface area contributed by atoms with Crippen molar-refractivity contribution in [1.29, 1.82) is 0 Å². The Morgan fingerprint density at radius 3 is 2.11 bits per heavy atom. The number of carbonyl (C=O) groups is 2. The van der Waals surface area contributed by atoms with Crippen molar-refractivity contribution in [3.8, 4) is 0 Å². The fourth-order valence-corrected chi connectivity index (χ4v) is 3.30. The normalized spacial score (nSPS) is 18.7. The molecule has 3 rings (SSSR count). The Morgan fingerprint density at radius 1 is 0.926 bits per heavy atom. The summed E-state index contributed by atoms with van der Waals surface area (Å²) in [5, 5.41) is 5.94. The van der Waals surface area contributed by atoms with Crippen LogP contribution in [0.3, 0.4) is 0 Å². The van der Waals surface area contributed by atoms with E-state index >= 15 is 0 Å². The summed E-state index contributed by atoms with van der Waals surface area (Å²) in [6, 6.07) is 15.7. The minimum atomic E-state index is -0.257. The fraction of sp³-hybridized carbons (Fsp3) is 0.391. The van der Waals surface area contributed by atoms with Crippen LogP contribution in [0.15, 0.2) is 48.5 Å². The Balaban J connectivity index is 1.60. The zero-order valence-electron chi connectivity index (χ0n) is 16.5. The van der Waals surface area contributed by atoms with Gasteiger partial charge in [0.05, 0.1) is 11.8 Å². The molecule has 1 aliphatic rings. The van der Waals surface area contributed by atoms with Gasteiger partial charge in [-0.15, -0.1) is 0 Å². The average molecular weight is 364 g/mol. The van der Waals surface area contributed by atoms with Gasteiger partial charge in [-0.2, -0.15) is 0 Å². The summed E-state index contributed by atoms with van der Waals surface area (Å²) < 4.78 is 0. The third-order valence-electron chi connectivity index (χ3n) is 5.09. The van der Waals surface area contributed by atoms with Crippen LogP contribution in [-0.4, -0.2) is 11.8 Å². The molecule has 2 amide bonds. The van der Waals surface area contributed by atoms with E-state index in [1.807, 2.05) is 48.5 Å². The second-order valence-corrected chi connectivity index (χ2v) is 8.27. The number of hydrogen-bond acceptors (Lipinski definition) is 2. The molecule has 0 aliphatic heterocycles. The van der Waals surface area contributed by atoms with Crippen LogP contribution in [0.5, 0.6) is 0 Å². The van der Waals surface area contributed by atoms with E-state index in [1.165, 1.54) is 5.56 Å². The molecular weight excluding hydrogens is 336 g/mol. The largest absolute Gasteiger partial charge is 0.326 e. The number of nitrogens with one attached hydrogen (secondary N) is 2. The lowest BCUT2D eigenvalue weighted by Gasteiger charge is -2.23. The molecule has 1 fully saturated rings. The number of benzene rings is 2. The summed E-state index contributed by atoms with van der Waals surface area (Å²) in [7, 11) is 0. The highest BCUT2D eigenvalue weighted by molar-refractivity contribution is 6.03. The topological polar surface area (TPSA) is 58.2 Å². The van der Waals surface area contributed by atoms with E-state index in [0.717, 1.165) is 23.4 Å². The van der Waals surface area contributed by atoms with E-state index in [0.29, 0.717) is 6.42 Å². The Bertz CT molecular complexity index is 834. The maximum atomic E-state index is 12.6. The number of carbonyl (C=O) groups excluding carboxylic acids is 2. The Morgan fingerprint density at radius 2 is 1.52 bits per heavy atom. The van der Waals surface area contributed by atoms with Gasteiger partial charge in [0.25, 0.3) is 0 Å². The van der Waals surface area contributed by atoms with Crippen LogP contribution in [0.1, 0.15) is 45.2 Å². The maximum absolute atomic E-state index is 12.6.